The Hall–Kier alpha value is -3.36. The summed E-state index contributed by atoms with van der Waals surface area (Å²) in [5.74, 6) is -1.20. The molecule has 0 fully saturated rings. The van der Waals surface area contributed by atoms with Crippen LogP contribution in [0.25, 0.3) is 10.9 Å². The maximum absolute atomic E-state index is 13.4. The Morgan fingerprint density at radius 1 is 1.12 bits per heavy atom. The fraction of sp³-hybridized carbons (Fsp3) is 0.320. The SMILES string of the molecule is CCOC(=O)c1cc2c(C(=O)CN(Cc3ccccc3)C(C)CC(=O)OC)ccc(O)c2[nH]1.Cl. The molecular weight excluding hydrogens is 460 g/mol. The van der Waals surface area contributed by atoms with Crippen LogP contribution in [0.5, 0.6) is 5.75 Å². The van der Waals surface area contributed by atoms with Crippen molar-refractivity contribution in [3.05, 3.63) is 65.4 Å². The molecule has 1 aromatic heterocycles. The molecule has 8 nitrogen and oxygen atoms in total. The maximum atomic E-state index is 13.4. The summed E-state index contributed by atoms with van der Waals surface area (Å²) < 4.78 is 9.82. The summed E-state index contributed by atoms with van der Waals surface area (Å²) in [6, 6.07) is 13.9. The number of hydrogen-bond donors (Lipinski definition) is 2. The van der Waals surface area contributed by atoms with Crippen LogP contribution < -0.4 is 0 Å². The first kappa shape index (κ1) is 26.9. The number of phenols is 1. The number of esters is 2. The van der Waals surface area contributed by atoms with Crippen LogP contribution in [0, 0.1) is 0 Å². The van der Waals surface area contributed by atoms with E-state index in [9.17, 15) is 19.5 Å². The van der Waals surface area contributed by atoms with Gasteiger partial charge in [0.1, 0.15) is 11.4 Å². The second kappa shape index (κ2) is 12.2. The van der Waals surface area contributed by atoms with E-state index in [1.54, 1.807) is 6.92 Å². The largest absolute Gasteiger partial charge is 0.506 e. The molecule has 1 unspecified atom stereocenters. The summed E-state index contributed by atoms with van der Waals surface area (Å²) in [4.78, 5) is 42.1. The molecule has 182 valence electrons. The number of aromatic amines is 1. The topological polar surface area (TPSA) is 109 Å². The highest BCUT2D eigenvalue weighted by atomic mass is 35.5. The predicted octanol–water partition coefficient (Wildman–Crippen LogP) is 4.11. The lowest BCUT2D eigenvalue weighted by Crippen LogP contribution is -2.38. The quantitative estimate of drug-likeness (QED) is 0.326. The normalized spacial score (nSPS) is 11.6. The summed E-state index contributed by atoms with van der Waals surface area (Å²) in [7, 11) is 1.34. The van der Waals surface area contributed by atoms with Gasteiger partial charge in [0.25, 0.3) is 0 Å². The average molecular weight is 489 g/mol. The number of aromatic hydroxyl groups is 1. The third kappa shape index (κ3) is 6.36. The smallest absolute Gasteiger partial charge is 0.354 e. The molecule has 1 atom stereocenters. The number of Topliss-reactive ketones (excluding diaryl/α,β-unsaturated/α-hetero) is 1. The number of hydrogen-bond acceptors (Lipinski definition) is 7. The molecule has 9 heteroatoms. The minimum Gasteiger partial charge on any atom is -0.506 e. The number of H-pyrrole nitrogens is 1. The average Bonchev–Trinajstić information content (AvgIpc) is 3.26. The number of ketones is 1. The number of rotatable bonds is 10. The van der Waals surface area contributed by atoms with Crippen molar-refractivity contribution in [2.24, 2.45) is 0 Å². The Labute approximate surface area is 204 Å². The highest BCUT2D eigenvalue weighted by Gasteiger charge is 2.24. The van der Waals surface area contributed by atoms with Crippen LogP contribution in [0.1, 0.15) is 46.7 Å². The van der Waals surface area contributed by atoms with Crippen LogP contribution in [0.3, 0.4) is 0 Å². The number of ether oxygens (including phenoxy) is 2. The van der Waals surface area contributed by atoms with E-state index in [4.69, 9.17) is 9.47 Å². The van der Waals surface area contributed by atoms with Gasteiger partial charge in [0.2, 0.25) is 0 Å². The van der Waals surface area contributed by atoms with Crippen molar-refractivity contribution < 1.29 is 29.0 Å². The van der Waals surface area contributed by atoms with E-state index in [1.165, 1.54) is 25.3 Å². The summed E-state index contributed by atoms with van der Waals surface area (Å²) in [5, 5.41) is 10.7. The standard InChI is InChI=1S/C25H28N2O6.ClH/c1-4-33-25(31)20-13-19-18(10-11-21(28)24(19)26-20)22(29)15-27(16(2)12-23(30)32-3)14-17-8-6-5-7-9-17;/h5-11,13,16,26,28H,4,12,14-15H2,1-3H3;1H. The number of halogens is 1. The van der Waals surface area contributed by atoms with Gasteiger partial charge in [-0.15, -0.1) is 12.4 Å². The zero-order valence-electron chi connectivity index (χ0n) is 19.4. The molecule has 0 aliphatic carbocycles. The highest BCUT2D eigenvalue weighted by molar-refractivity contribution is 6.11. The predicted molar refractivity (Wildman–Crippen MR) is 130 cm³/mol. The number of nitrogens with one attached hydrogen (secondary N) is 1. The van der Waals surface area contributed by atoms with Gasteiger partial charge < -0.3 is 19.6 Å². The molecule has 34 heavy (non-hydrogen) atoms. The van der Waals surface area contributed by atoms with E-state index in [2.05, 4.69) is 4.98 Å². The fourth-order valence-electron chi connectivity index (χ4n) is 3.68. The molecule has 0 saturated carbocycles. The van der Waals surface area contributed by atoms with Crippen molar-refractivity contribution in [2.75, 3.05) is 20.3 Å². The van der Waals surface area contributed by atoms with Gasteiger partial charge in [0, 0.05) is 23.5 Å². The van der Waals surface area contributed by atoms with E-state index in [0.717, 1.165) is 5.56 Å². The Morgan fingerprint density at radius 3 is 2.47 bits per heavy atom. The Balaban J connectivity index is 0.00000408. The van der Waals surface area contributed by atoms with Crippen LogP contribution in [0.4, 0.5) is 0 Å². The van der Waals surface area contributed by atoms with E-state index >= 15 is 0 Å². The third-order valence-corrected chi connectivity index (χ3v) is 5.46. The fourth-order valence-corrected chi connectivity index (χ4v) is 3.68. The summed E-state index contributed by atoms with van der Waals surface area (Å²) >= 11 is 0. The van der Waals surface area contributed by atoms with Crippen molar-refractivity contribution in [1.29, 1.82) is 0 Å². The van der Waals surface area contributed by atoms with Crippen LogP contribution >= 0.6 is 12.4 Å². The second-order valence-corrected chi connectivity index (χ2v) is 7.77. The van der Waals surface area contributed by atoms with Gasteiger partial charge in [-0.1, -0.05) is 30.3 Å². The maximum Gasteiger partial charge on any atom is 0.354 e. The van der Waals surface area contributed by atoms with Crippen molar-refractivity contribution in [3.8, 4) is 5.75 Å². The summed E-state index contributed by atoms with van der Waals surface area (Å²) in [6.45, 7) is 4.27. The number of benzene rings is 2. The molecule has 0 radical (unpaired) electrons. The number of carbonyl (C=O) groups is 3. The lowest BCUT2D eigenvalue weighted by atomic mass is 10.0. The first-order valence-corrected chi connectivity index (χ1v) is 10.7. The minimum atomic E-state index is -0.566. The Morgan fingerprint density at radius 2 is 1.82 bits per heavy atom. The van der Waals surface area contributed by atoms with Crippen LogP contribution in [0.2, 0.25) is 0 Å². The van der Waals surface area contributed by atoms with E-state index in [0.29, 0.717) is 23.0 Å². The van der Waals surface area contributed by atoms with Crippen molar-refractivity contribution in [3.63, 3.8) is 0 Å². The zero-order valence-corrected chi connectivity index (χ0v) is 20.2. The first-order chi connectivity index (χ1) is 15.8. The van der Waals surface area contributed by atoms with Crippen molar-refractivity contribution in [1.82, 2.24) is 9.88 Å². The van der Waals surface area contributed by atoms with Gasteiger partial charge in [-0.2, -0.15) is 0 Å². The number of methoxy groups -OCH3 is 1. The summed E-state index contributed by atoms with van der Waals surface area (Å²) in [6.07, 6.45) is 0.138. The molecule has 0 aliphatic rings. The zero-order chi connectivity index (χ0) is 24.0. The molecule has 3 rings (SSSR count). The highest BCUT2D eigenvalue weighted by Crippen LogP contribution is 2.29. The van der Waals surface area contributed by atoms with Gasteiger partial charge in [0.05, 0.1) is 32.2 Å². The van der Waals surface area contributed by atoms with Gasteiger partial charge in [-0.25, -0.2) is 4.79 Å². The molecule has 3 aromatic rings. The molecule has 0 bridgehead atoms. The number of carbonyl (C=O) groups excluding carboxylic acids is 3. The van der Waals surface area contributed by atoms with Crippen molar-refractivity contribution >= 4 is 41.0 Å². The van der Waals surface area contributed by atoms with Gasteiger partial charge in [-0.05, 0) is 37.6 Å². The number of phenolic OH excluding ortho intramolecular Hbond substituents is 1. The van der Waals surface area contributed by atoms with Gasteiger partial charge >= 0.3 is 11.9 Å². The lowest BCUT2D eigenvalue weighted by molar-refractivity contribution is -0.141. The van der Waals surface area contributed by atoms with E-state index < -0.39 is 5.97 Å². The van der Waals surface area contributed by atoms with Gasteiger partial charge in [-0.3, -0.25) is 14.5 Å². The molecule has 0 saturated heterocycles. The van der Waals surface area contributed by atoms with Crippen LogP contribution in [-0.2, 0) is 20.8 Å². The first-order valence-electron chi connectivity index (χ1n) is 10.7. The molecule has 1 heterocycles. The molecule has 0 aliphatic heterocycles. The van der Waals surface area contributed by atoms with E-state index in [-0.39, 0.29) is 61.2 Å². The number of fused-ring (bicyclic) bond motifs is 1. The molecule has 0 spiro atoms. The van der Waals surface area contributed by atoms with Gasteiger partial charge in [0.15, 0.2) is 5.78 Å². The molecule has 2 aromatic carbocycles. The third-order valence-electron chi connectivity index (χ3n) is 5.46. The second-order valence-electron chi connectivity index (χ2n) is 7.77. The van der Waals surface area contributed by atoms with Crippen LogP contribution in [-0.4, -0.2) is 59.0 Å². The number of aromatic nitrogens is 1. The Kier molecular flexibility index (Phi) is 9.65. The van der Waals surface area contributed by atoms with Crippen LogP contribution in [0.15, 0.2) is 48.5 Å². The minimum absolute atomic E-state index is 0. The summed E-state index contributed by atoms with van der Waals surface area (Å²) in [5.41, 5.74) is 1.81. The molecule has 2 N–H and O–H groups in total. The lowest BCUT2D eigenvalue weighted by Gasteiger charge is -2.28. The molecule has 0 amide bonds. The van der Waals surface area contributed by atoms with E-state index in [1.807, 2.05) is 42.2 Å². The Bertz CT molecular complexity index is 1150. The van der Waals surface area contributed by atoms with Crippen molar-refractivity contribution in [2.45, 2.75) is 32.9 Å². The number of nitrogens with zero attached hydrogens (tertiary/aromatic N) is 1. The monoisotopic (exact) mass is 488 g/mol. The molecular formula is C25H29ClN2O6.